The second-order valence-corrected chi connectivity index (χ2v) is 5.66. The highest BCUT2D eigenvalue weighted by molar-refractivity contribution is 5.95. The Kier molecular flexibility index (Phi) is 7.25. The maximum Gasteiger partial charge on any atom is 0.337 e. The number of hydrogen-bond acceptors (Lipinski definition) is 4. The maximum absolute atomic E-state index is 11.9. The van der Waals surface area contributed by atoms with Crippen molar-refractivity contribution < 1.29 is 19.1 Å². The number of rotatable bonds is 7. The Balaban J connectivity index is 2.77. The van der Waals surface area contributed by atoms with E-state index in [1.807, 2.05) is 13.8 Å². The van der Waals surface area contributed by atoms with E-state index in [1.165, 1.54) is 18.9 Å². The van der Waals surface area contributed by atoms with E-state index < -0.39 is 5.97 Å². The summed E-state index contributed by atoms with van der Waals surface area (Å²) in [5.74, 6) is -0.387. The van der Waals surface area contributed by atoms with Gasteiger partial charge in [-0.15, -0.1) is 0 Å². The summed E-state index contributed by atoms with van der Waals surface area (Å²) in [4.78, 5) is 36.7. The largest absolute Gasteiger partial charge is 0.465 e. The number of carbonyl (C=O) groups excluding carboxylic acids is 3. The maximum atomic E-state index is 11.9. The lowest BCUT2D eigenvalue weighted by molar-refractivity contribution is -0.121. The molecule has 0 unspecified atom stereocenters. The normalized spacial score (nSPS) is 10.3. The molecule has 0 aliphatic rings. The van der Waals surface area contributed by atoms with Gasteiger partial charge in [-0.25, -0.2) is 4.79 Å². The van der Waals surface area contributed by atoms with Gasteiger partial charge in [0.25, 0.3) is 0 Å². The number of nitrogens with one attached hydrogen (secondary N) is 1. The Bertz CT molecular complexity index is 569. The van der Waals surface area contributed by atoms with E-state index in [-0.39, 0.29) is 24.8 Å². The van der Waals surface area contributed by atoms with Crippen LogP contribution in [-0.2, 0) is 14.3 Å². The molecule has 23 heavy (non-hydrogen) atoms. The van der Waals surface area contributed by atoms with Crippen molar-refractivity contribution in [2.45, 2.75) is 27.2 Å². The van der Waals surface area contributed by atoms with Gasteiger partial charge < -0.3 is 15.0 Å². The summed E-state index contributed by atoms with van der Waals surface area (Å²) < 4.78 is 4.68. The quantitative estimate of drug-likeness (QED) is 0.780. The van der Waals surface area contributed by atoms with Gasteiger partial charge in [-0.3, -0.25) is 9.59 Å². The molecule has 0 spiro atoms. The first-order valence-electron chi connectivity index (χ1n) is 7.58. The van der Waals surface area contributed by atoms with Crippen LogP contribution < -0.4 is 10.2 Å². The van der Waals surface area contributed by atoms with Crippen molar-refractivity contribution >= 4 is 23.5 Å². The van der Waals surface area contributed by atoms with Crippen LogP contribution in [-0.4, -0.2) is 38.0 Å². The Hall–Kier alpha value is -2.37. The number of methoxy groups -OCH3 is 1. The first-order valence-corrected chi connectivity index (χ1v) is 7.58. The molecule has 2 amide bonds. The van der Waals surface area contributed by atoms with Gasteiger partial charge >= 0.3 is 5.97 Å². The average molecular weight is 320 g/mol. The second-order valence-electron chi connectivity index (χ2n) is 5.66. The molecular weight excluding hydrogens is 296 g/mol. The molecule has 0 aliphatic carbocycles. The SMILES string of the molecule is COC(=O)c1cccc(N(CCC(=O)NCC(C)C)C(C)=O)c1. The Labute approximate surface area is 136 Å². The second kappa shape index (κ2) is 8.92. The van der Waals surface area contributed by atoms with Gasteiger partial charge in [0.1, 0.15) is 0 Å². The van der Waals surface area contributed by atoms with Crippen LogP contribution in [0.4, 0.5) is 5.69 Å². The highest BCUT2D eigenvalue weighted by Crippen LogP contribution is 2.17. The van der Waals surface area contributed by atoms with Crippen molar-refractivity contribution in [3.8, 4) is 0 Å². The molecular formula is C17H24N2O4. The van der Waals surface area contributed by atoms with Gasteiger partial charge in [0.15, 0.2) is 0 Å². The number of benzene rings is 1. The zero-order chi connectivity index (χ0) is 17.4. The topological polar surface area (TPSA) is 75.7 Å². The van der Waals surface area contributed by atoms with Gasteiger partial charge in [-0.1, -0.05) is 19.9 Å². The van der Waals surface area contributed by atoms with E-state index in [2.05, 4.69) is 10.1 Å². The van der Waals surface area contributed by atoms with Crippen LogP contribution in [0.2, 0.25) is 0 Å². The molecule has 0 saturated heterocycles. The van der Waals surface area contributed by atoms with Gasteiger partial charge in [-0.05, 0) is 24.1 Å². The first-order chi connectivity index (χ1) is 10.8. The van der Waals surface area contributed by atoms with Crippen LogP contribution in [0.5, 0.6) is 0 Å². The molecule has 1 rings (SSSR count). The van der Waals surface area contributed by atoms with Gasteiger partial charge in [0, 0.05) is 32.1 Å². The summed E-state index contributed by atoms with van der Waals surface area (Å²) in [5.41, 5.74) is 0.928. The first kappa shape index (κ1) is 18.7. The minimum absolute atomic E-state index is 0.103. The monoisotopic (exact) mass is 320 g/mol. The Morgan fingerprint density at radius 2 is 1.96 bits per heavy atom. The molecule has 1 N–H and O–H groups in total. The van der Waals surface area contributed by atoms with Crippen LogP contribution in [0.1, 0.15) is 37.6 Å². The predicted molar refractivity (Wildman–Crippen MR) is 88.3 cm³/mol. The lowest BCUT2D eigenvalue weighted by Gasteiger charge is -2.21. The predicted octanol–water partition coefficient (Wildman–Crippen LogP) is 1.99. The van der Waals surface area contributed by atoms with E-state index >= 15 is 0 Å². The van der Waals surface area contributed by atoms with Crippen molar-refractivity contribution in [3.05, 3.63) is 29.8 Å². The third-order valence-corrected chi connectivity index (χ3v) is 3.23. The molecule has 1 aromatic carbocycles. The van der Waals surface area contributed by atoms with Crippen molar-refractivity contribution in [2.24, 2.45) is 5.92 Å². The fraction of sp³-hybridized carbons (Fsp3) is 0.471. The number of amides is 2. The van der Waals surface area contributed by atoms with Crippen molar-refractivity contribution in [3.63, 3.8) is 0 Å². The number of carbonyl (C=O) groups is 3. The van der Waals surface area contributed by atoms with E-state index in [4.69, 9.17) is 0 Å². The highest BCUT2D eigenvalue weighted by atomic mass is 16.5. The molecule has 0 saturated carbocycles. The standard InChI is InChI=1S/C17H24N2O4/c1-12(2)11-18-16(21)8-9-19(13(3)20)15-7-5-6-14(10-15)17(22)23-4/h5-7,10,12H,8-9,11H2,1-4H3,(H,18,21). The fourth-order valence-corrected chi connectivity index (χ4v) is 2.01. The van der Waals surface area contributed by atoms with Crippen LogP contribution >= 0.6 is 0 Å². The molecule has 0 aliphatic heterocycles. The third kappa shape index (κ3) is 6.10. The van der Waals surface area contributed by atoms with Crippen molar-refractivity contribution in [1.82, 2.24) is 5.32 Å². The summed E-state index contributed by atoms with van der Waals surface area (Å²) in [6.07, 6.45) is 0.203. The fourth-order valence-electron chi connectivity index (χ4n) is 2.01. The molecule has 6 heteroatoms. The zero-order valence-corrected chi connectivity index (χ0v) is 14.1. The van der Waals surface area contributed by atoms with E-state index in [9.17, 15) is 14.4 Å². The van der Waals surface area contributed by atoms with Crippen LogP contribution in [0, 0.1) is 5.92 Å². The lowest BCUT2D eigenvalue weighted by Crippen LogP contribution is -2.35. The van der Waals surface area contributed by atoms with Crippen LogP contribution in [0.3, 0.4) is 0 Å². The van der Waals surface area contributed by atoms with Crippen molar-refractivity contribution in [1.29, 1.82) is 0 Å². The van der Waals surface area contributed by atoms with E-state index in [1.54, 1.807) is 24.3 Å². The molecule has 126 valence electrons. The number of esters is 1. The zero-order valence-electron chi connectivity index (χ0n) is 14.1. The molecule has 0 fully saturated rings. The summed E-state index contributed by atoms with van der Waals surface area (Å²) in [6, 6.07) is 6.60. The van der Waals surface area contributed by atoms with Crippen molar-refractivity contribution in [2.75, 3.05) is 25.1 Å². The number of anilines is 1. The summed E-state index contributed by atoms with van der Waals surface area (Å²) in [7, 11) is 1.30. The van der Waals surface area contributed by atoms with Crippen LogP contribution in [0.15, 0.2) is 24.3 Å². The summed E-state index contributed by atoms with van der Waals surface area (Å²) in [5, 5.41) is 2.82. The van der Waals surface area contributed by atoms with E-state index in [0.29, 0.717) is 23.7 Å². The Morgan fingerprint density at radius 1 is 1.26 bits per heavy atom. The molecule has 0 aromatic heterocycles. The average Bonchev–Trinajstić information content (AvgIpc) is 2.52. The smallest absolute Gasteiger partial charge is 0.337 e. The Morgan fingerprint density at radius 3 is 2.52 bits per heavy atom. The third-order valence-electron chi connectivity index (χ3n) is 3.23. The minimum atomic E-state index is -0.468. The van der Waals surface area contributed by atoms with Crippen LogP contribution in [0.25, 0.3) is 0 Å². The molecule has 0 bridgehead atoms. The lowest BCUT2D eigenvalue weighted by atomic mass is 10.1. The summed E-state index contributed by atoms with van der Waals surface area (Å²) in [6.45, 7) is 6.32. The van der Waals surface area contributed by atoms with Gasteiger partial charge in [0.2, 0.25) is 11.8 Å². The molecule has 0 heterocycles. The number of ether oxygens (including phenoxy) is 1. The molecule has 6 nitrogen and oxygen atoms in total. The minimum Gasteiger partial charge on any atom is -0.465 e. The van der Waals surface area contributed by atoms with Gasteiger partial charge in [0.05, 0.1) is 12.7 Å². The molecule has 0 atom stereocenters. The number of hydrogen-bond donors (Lipinski definition) is 1. The summed E-state index contributed by atoms with van der Waals surface area (Å²) >= 11 is 0. The number of nitrogens with zero attached hydrogens (tertiary/aromatic N) is 1. The molecule has 1 aromatic rings. The molecule has 0 radical (unpaired) electrons. The van der Waals surface area contributed by atoms with E-state index in [0.717, 1.165) is 0 Å². The van der Waals surface area contributed by atoms with Gasteiger partial charge in [-0.2, -0.15) is 0 Å². The highest BCUT2D eigenvalue weighted by Gasteiger charge is 2.15.